The minimum absolute atomic E-state index is 0.951. The number of pyridine rings is 1. The molecule has 2 nitrogen and oxygen atoms in total. The number of hydrogen-bond donors (Lipinski definition) is 0. The van der Waals surface area contributed by atoms with Gasteiger partial charge < -0.3 is 4.40 Å². The summed E-state index contributed by atoms with van der Waals surface area (Å²) >= 11 is 0. The molecule has 0 spiro atoms. The third kappa shape index (κ3) is 4.12. The summed E-state index contributed by atoms with van der Waals surface area (Å²) in [5, 5.41) is 18.1. The summed E-state index contributed by atoms with van der Waals surface area (Å²) in [6.45, 7) is 0. The van der Waals surface area contributed by atoms with Crippen molar-refractivity contribution >= 4 is 81.1 Å². The first-order valence-electron chi connectivity index (χ1n) is 18.3. The molecule has 0 amide bonds. The lowest BCUT2D eigenvalue weighted by Gasteiger charge is -2.17. The molecule has 0 saturated carbocycles. The zero-order valence-corrected chi connectivity index (χ0v) is 28.7. The third-order valence-corrected chi connectivity index (χ3v) is 11.5. The molecule has 0 saturated heterocycles. The van der Waals surface area contributed by atoms with Gasteiger partial charge in [0.25, 0.3) is 0 Å². The molecule has 0 aliphatic heterocycles. The Hall–Kier alpha value is -7.03. The lowest BCUT2D eigenvalue weighted by molar-refractivity contribution is 1.19. The molecule has 12 aromatic rings. The van der Waals surface area contributed by atoms with Crippen LogP contribution in [0.3, 0.4) is 0 Å². The number of nitrogens with zero attached hydrogens (tertiary/aromatic N) is 2. The molecule has 0 unspecified atom stereocenters. The van der Waals surface area contributed by atoms with Gasteiger partial charge in [0.2, 0.25) is 0 Å². The molecule has 0 fully saturated rings. The molecule has 10 aromatic carbocycles. The molecule has 0 aliphatic carbocycles. The van der Waals surface area contributed by atoms with Gasteiger partial charge in [0.1, 0.15) is 5.65 Å². The lowest BCUT2D eigenvalue weighted by Crippen LogP contribution is -1.89. The second-order valence-corrected chi connectivity index (χ2v) is 14.3. The molecule has 0 atom stereocenters. The Labute approximate surface area is 305 Å². The summed E-state index contributed by atoms with van der Waals surface area (Å²) < 4.78 is 2.09. The monoisotopic (exact) mass is 670 g/mol. The SMILES string of the molecule is c1ccc2c(-c3cn4ccccc4n3)ccc(-c3ccc(-c4cc5ccc6cccc7c8cccc9ccc%10cccc(c(c4)c5c67)c%10c98)cc3)c2c1. The minimum Gasteiger partial charge on any atom is -0.306 e. The molecular formula is C51H30N2. The Morgan fingerprint density at radius 1 is 0.340 bits per heavy atom. The van der Waals surface area contributed by atoms with Gasteiger partial charge in [-0.2, -0.15) is 0 Å². The Balaban J connectivity index is 1.07. The highest BCUT2D eigenvalue weighted by Crippen LogP contribution is 2.45. The second-order valence-electron chi connectivity index (χ2n) is 14.3. The van der Waals surface area contributed by atoms with Crippen LogP contribution in [-0.2, 0) is 0 Å². The van der Waals surface area contributed by atoms with E-state index in [0.29, 0.717) is 0 Å². The van der Waals surface area contributed by atoms with Crippen molar-refractivity contribution in [1.29, 1.82) is 0 Å². The first kappa shape index (κ1) is 28.6. The van der Waals surface area contributed by atoms with Crippen molar-refractivity contribution in [2.45, 2.75) is 0 Å². The van der Waals surface area contributed by atoms with Crippen LogP contribution in [0.5, 0.6) is 0 Å². The van der Waals surface area contributed by atoms with Crippen LogP contribution in [0, 0.1) is 0 Å². The zero-order chi connectivity index (χ0) is 34.6. The standard InChI is InChI=1S/C51H30N2/c1-2-12-40-39(11-1)38(25-26-41(40)46-30-53-27-4-3-16-47(53)52-46)32-19-17-31(18-20-32)37-28-36-24-23-35-9-6-14-43-42-13-5-8-33-21-22-34-10-7-15-44(50(34)48(33)42)45(29-37)51(36)49(35)43/h1-30H. The topological polar surface area (TPSA) is 17.3 Å². The van der Waals surface area contributed by atoms with Crippen LogP contribution in [0.2, 0.25) is 0 Å². The van der Waals surface area contributed by atoms with E-state index in [1.54, 1.807) is 0 Å². The fourth-order valence-electron chi connectivity index (χ4n) is 9.13. The average Bonchev–Trinajstić information content (AvgIpc) is 3.66. The molecule has 0 radical (unpaired) electrons. The highest BCUT2D eigenvalue weighted by Gasteiger charge is 2.17. The molecule has 2 heterocycles. The highest BCUT2D eigenvalue weighted by atomic mass is 15.0. The largest absolute Gasteiger partial charge is 0.306 e. The summed E-state index contributed by atoms with van der Waals surface area (Å²) in [6, 6.07) is 62.8. The van der Waals surface area contributed by atoms with E-state index >= 15 is 0 Å². The van der Waals surface area contributed by atoms with Gasteiger partial charge in [-0.3, -0.25) is 0 Å². The van der Waals surface area contributed by atoms with Crippen LogP contribution in [0.1, 0.15) is 0 Å². The molecule has 0 aliphatic rings. The molecule has 2 aromatic heterocycles. The Morgan fingerprint density at radius 2 is 0.868 bits per heavy atom. The van der Waals surface area contributed by atoms with Gasteiger partial charge >= 0.3 is 0 Å². The van der Waals surface area contributed by atoms with Gasteiger partial charge in [-0.05, 0) is 122 Å². The smallest absolute Gasteiger partial charge is 0.137 e. The Morgan fingerprint density at radius 3 is 1.53 bits per heavy atom. The van der Waals surface area contributed by atoms with E-state index < -0.39 is 0 Å². The Kier molecular flexibility index (Phi) is 5.80. The van der Waals surface area contributed by atoms with E-state index in [1.165, 1.54) is 97.7 Å². The van der Waals surface area contributed by atoms with Gasteiger partial charge in [-0.25, -0.2) is 4.98 Å². The minimum atomic E-state index is 0.951. The van der Waals surface area contributed by atoms with E-state index in [-0.39, 0.29) is 0 Å². The maximum Gasteiger partial charge on any atom is 0.137 e. The molecule has 53 heavy (non-hydrogen) atoms. The second kappa shape index (κ2) is 10.7. The van der Waals surface area contributed by atoms with Gasteiger partial charge in [0, 0.05) is 18.0 Å². The van der Waals surface area contributed by atoms with Crippen LogP contribution in [0.25, 0.3) is 115 Å². The van der Waals surface area contributed by atoms with Crippen LogP contribution >= 0.6 is 0 Å². The third-order valence-electron chi connectivity index (χ3n) is 11.5. The maximum atomic E-state index is 4.94. The lowest BCUT2D eigenvalue weighted by atomic mass is 9.86. The number of hydrogen-bond acceptors (Lipinski definition) is 1. The van der Waals surface area contributed by atoms with Crippen molar-refractivity contribution in [2.24, 2.45) is 0 Å². The fourth-order valence-corrected chi connectivity index (χ4v) is 9.13. The normalized spacial score (nSPS) is 12.2. The van der Waals surface area contributed by atoms with Crippen molar-refractivity contribution < 1.29 is 0 Å². The number of imidazole rings is 1. The summed E-state index contributed by atoms with van der Waals surface area (Å²) in [7, 11) is 0. The van der Waals surface area contributed by atoms with Crippen molar-refractivity contribution in [3.63, 3.8) is 0 Å². The fraction of sp³-hybridized carbons (Fsp3) is 0. The molecule has 12 rings (SSSR count). The van der Waals surface area contributed by atoms with E-state index in [9.17, 15) is 0 Å². The molecular weight excluding hydrogens is 641 g/mol. The molecule has 244 valence electrons. The zero-order valence-electron chi connectivity index (χ0n) is 28.7. The summed E-state index contributed by atoms with van der Waals surface area (Å²) in [5.41, 5.74) is 7.93. The molecule has 2 heteroatoms. The van der Waals surface area contributed by atoms with Crippen LogP contribution in [0.15, 0.2) is 182 Å². The van der Waals surface area contributed by atoms with Crippen molar-refractivity contribution in [1.82, 2.24) is 9.38 Å². The maximum absolute atomic E-state index is 4.94. The van der Waals surface area contributed by atoms with Crippen LogP contribution in [0.4, 0.5) is 0 Å². The van der Waals surface area contributed by atoms with Crippen molar-refractivity contribution in [3.05, 3.63) is 182 Å². The van der Waals surface area contributed by atoms with Gasteiger partial charge in [-0.15, -0.1) is 0 Å². The van der Waals surface area contributed by atoms with Crippen LogP contribution < -0.4 is 0 Å². The van der Waals surface area contributed by atoms with Crippen molar-refractivity contribution in [2.75, 3.05) is 0 Å². The first-order valence-corrected chi connectivity index (χ1v) is 18.3. The summed E-state index contributed by atoms with van der Waals surface area (Å²) in [5.74, 6) is 0. The predicted molar refractivity (Wildman–Crippen MR) is 225 cm³/mol. The number of benzene rings is 9. The van der Waals surface area contributed by atoms with Gasteiger partial charge in [0.15, 0.2) is 0 Å². The number of rotatable bonds is 3. The first-order chi connectivity index (χ1) is 26.3. The quantitative estimate of drug-likeness (QED) is 0.171. The Bertz CT molecular complexity index is 3400. The van der Waals surface area contributed by atoms with Crippen molar-refractivity contribution in [3.8, 4) is 33.5 Å². The summed E-state index contributed by atoms with van der Waals surface area (Å²) in [4.78, 5) is 4.94. The van der Waals surface area contributed by atoms with E-state index in [1.807, 2.05) is 18.2 Å². The number of fused-ring (bicyclic) bond motifs is 4. The predicted octanol–water partition coefficient (Wildman–Crippen LogP) is 13.8. The van der Waals surface area contributed by atoms with E-state index in [0.717, 1.165) is 16.9 Å². The summed E-state index contributed by atoms with van der Waals surface area (Å²) in [6.07, 6.45) is 4.17. The van der Waals surface area contributed by atoms with Crippen LogP contribution in [-0.4, -0.2) is 9.38 Å². The number of aromatic nitrogens is 2. The van der Waals surface area contributed by atoms with Gasteiger partial charge in [0.05, 0.1) is 5.69 Å². The average molecular weight is 671 g/mol. The molecule has 0 bridgehead atoms. The highest BCUT2D eigenvalue weighted by molar-refractivity contribution is 6.37. The van der Waals surface area contributed by atoms with E-state index in [2.05, 4.69) is 168 Å². The molecule has 0 N–H and O–H groups in total. The van der Waals surface area contributed by atoms with Gasteiger partial charge in [-0.1, -0.05) is 146 Å². The van der Waals surface area contributed by atoms with E-state index in [4.69, 9.17) is 4.98 Å².